The maximum Gasteiger partial charge on any atom is 0.220 e. The normalized spacial score (nSPS) is 31.8. The Kier molecular flexibility index (Phi) is 4.38. The summed E-state index contributed by atoms with van der Waals surface area (Å²) >= 11 is 0. The highest BCUT2D eigenvalue weighted by atomic mass is 16.1. The second-order valence-corrected chi connectivity index (χ2v) is 6.58. The first-order chi connectivity index (χ1) is 9.31. The molecule has 2 atom stereocenters. The van der Waals surface area contributed by atoms with Crippen LogP contribution in [-0.4, -0.2) is 49.6 Å². The van der Waals surface area contributed by atoms with E-state index >= 15 is 0 Å². The van der Waals surface area contributed by atoms with Crippen LogP contribution in [0.25, 0.3) is 0 Å². The molecule has 0 bridgehead atoms. The molecule has 3 fully saturated rings. The predicted molar refractivity (Wildman–Crippen MR) is 75.9 cm³/mol. The van der Waals surface area contributed by atoms with E-state index in [1.165, 1.54) is 38.8 Å². The summed E-state index contributed by atoms with van der Waals surface area (Å²) in [6.45, 7) is 5.58. The molecule has 0 spiro atoms. The van der Waals surface area contributed by atoms with Gasteiger partial charge in [0.05, 0.1) is 0 Å². The number of hydrogen-bond acceptors (Lipinski definition) is 3. The summed E-state index contributed by atoms with van der Waals surface area (Å²) < 4.78 is 0. The van der Waals surface area contributed by atoms with Gasteiger partial charge in [0.2, 0.25) is 5.91 Å². The van der Waals surface area contributed by atoms with Gasteiger partial charge in [0.25, 0.3) is 0 Å². The molecule has 3 aliphatic rings. The molecule has 4 nitrogen and oxygen atoms in total. The number of nitrogens with one attached hydrogen (secondary N) is 2. The molecule has 2 N–H and O–H groups in total. The summed E-state index contributed by atoms with van der Waals surface area (Å²) in [5, 5.41) is 6.50. The molecule has 1 amide bonds. The molecule has 0 aromatic carbocycles. The minimum Gasteiger partial charge on any atom is -0.356 e. The summed E-state index contributed by atoms with van der Waals surface area (Å²) in [5.74, 6) is 1.68. The van der Waals surface area contributed by atoms with Crippen LogP contribution in [0.3, 0.4) is 0 Å². The van der Waals surface area contributed by atoms with Gasteiger partial charge in [-0.1, -0.05) is 0 Å². The number of amides is 1. The Bertz CT molecular complexity index is 311. The van der Waals surface area contributed by atoms with Gasteiger partial charge < -0.3 is 15.5 Å². The fraction of sp³-hybridized carbons (Fsp3) is 0.933. The quantitative estimate of drug-likeness (QED) is 0.752. The lowest BCUT2D eigenvalue weighted by Crippen LogP contribution is -2.31. The molecule has 0 aromatic heterocycles. The zero-order valence-electron chi connectivity index (χ0n) is 11.9. The second kappa shape index (κ2) is 6.23. The summed E-state index contributed by atoms with van der Waals surface area (Å²) in [7, 11) is 0. The van der Waals surface area contributed by atoms with Gasteiger partial charge in [-0.3, -0.25) is 4.79 Å². The largest absolute Gasteiger partial charge is 0.356 e. The van der Waals surface area contributed by atoms with Gasteiger partial charge in [-0.2, -0.15) is 0 Å². The van der Waals surface area contributed by atoms with E-state index in [9.17, 15) is 4.79 Å². The Morgan fingerprint density at radius 1 is 1.21 bits per heavy atom. The molecule has 4 heteroatoms. The van der Waals surface area contributed by atoms with Crippen molar-refractivity contribution in [1.82, 2.24) is 15.5 Å². The highest BCUT2D eigenvalue weighted by Gasteiger charge is 2.34. The van der Waals surface area contributed by atoms with Gasteiger partial charge in [0, 0.05) is 25.6 Å². The van der Waals surface area contributed by atoms with Crippen molar-refractivity contribution in [2.75, 3.05) is 32.7 Å². The van der Waals surface area contributed by atoms with Crippen molar-refractivity contribution in [1.29, 1.82) is 0 Å². The van der Waals surface area contributed by atoms with Gasteiger partial charge in [-0.05, 0) is 63.6 Å². The van der Waals surface area contributed by atoms with Crippen molar-refractivity contribution in [3.05, 3.63) is 0 Å². The van der Waals surface area contributed by atoms with Crippen molar-refractivity contribution in [3.63, 3.8) is 0 Å². The van der Waals surface area contributed by atoms with E-state index in [2.05, 4.69) is 15.5 Å². The van der Waals surface area contributed by atoms with Crippen LogP contribution in [0, 0.1) is 11.8 Å². The highest BCUT2D eigenvalue weighted by molar-refractivity contribution is 5.75. The van der Waals surface area contributed by atoms with Crippen LogP contribution in [0.15, 0.2) is 0 Å². The topological polar surface area (TPSA) is 44.4 Å². The van der Waals surface area contributed by atoms with Crippen molar-refractivity contribution < 1.29 is 4.79 Å². The summed E-state index contributed by atoms with van der Waals surface area (Å²) in [4.78, 5) is 14.5. The summed E-state index contributed by atoms with van der Waals surface area (Å²) in [6.07, 6.45) is 7.07. The maximum absolute atomic E-state index is 11.8. The minimum atomic E-state index is 0.261. The number of rotatable bonds is 6. The molecule has 1 aliphatic carbocycles. The molecule has 0 radical (unpaired) electrons. The highest BCUT2D eigenvalue weighted by Crippen LogP contribution is 2.31. The molecule has 3 rings (SSSR count). The van der Waals surface area contributed by atoms with Gasteiger partial charge >= 0.3 is 0 Å². The smallest absolute Gasteiger partial charge is 0.220 e. The first-order valence-corrected chi connectivity index (χ1v) is 8.02. The van der Waals surface area contributed by atoms with Gasteiger partial charge in [0.1, 0.15) is 0 Å². The zero-order chi connectivity index (χ0) is 13.1. The molecule has 108 valence electrons. The van der Waals surface area contributed by atoms with Crippen LogP contribution >= 0.6 is 0 Å². The number of carbonyl (C=O) groups is 1. The standard InChI is InChI=1S/C15H27N3O/c19-15(4-1-12-5-7-16-9-12)17-10-13-6-8-18(11-13)14-2-3-14/h12-14,16H,1-11H2,(H,17,19). The lowest BCUT2D eigenvalue weighted by atomic mass is 10.0. The van der Waals surface area contributed by atoms with E-state index in [1.807, 2.05) is 0 Å². The van der Waals surface area contributed by atoms with Crippen LogP contribution in [0.5, 0.6) is 0 Å². The minimum absolute atomic E-state index is 0.261. The van der Waals surface area contributed by atoms with Crippen LogP contribution in [0.4, 0.5) is 0 Å². The first kappa shape index (κ1) is 13.4. The Morgan fingerprint density at radius 3 is 2.84 bits per heavy atom. The fourth-order valence-corrected chi connectivity index (χ4v) is 3.44. The molecule has 2 aliphatic heterocycles. The monoisotopic (exact) mass is 265 g/mol. The Labute approximate surface area is 116 Å². The third-order valence-electron chi connectivity index (χ3n) is 4.91. The van der Waals surface area contributed by atoms with E-state index < -0.39 is 0 Å². The second-order valence-electron chi connectivity index (χ2n) is 6.58. The van der Waals surface area contributed by atoms with Crippen molar-refractivity contribution in [2.24, 2.45) is 11.8 Å². The van der Waals surface area contributed by atoms with Crippen LogP contribution in [-0.2, 0) is 4.79 Å². The summed E-state index contributed by atoms with van der Waals surface area (Å²) in [5.41, 5.74) is 0. The number of nitrogens with zero attached hydrogens (tertiary/aromatic N) is 1. The van der Waals surface area contributed by atoms with Crippen LogP contribution in [0.2, 0.25) is 0 Å². The molecule has 1 saturated carbocycles. The van der Waals surface area contributed by atoms with E-state index in [-0.39, 0.29) is 5.91 Å². The number of likely N-dealkylation sites (tertiary alicyclic amines) is 1. The SMILES string of the molecule is O=C(CCC1CCNC1)NCC1CCN(C2CC2)C1. The third kappa shape index (κ3) is 3.93. The van der Waals surface area contributed by atoms with Gasteiger partial charge in [0.15, 0.2) is 0 Å². The maximum atomic E-state index is 11.8. The van der Waals surface area contributed by atoms with Crippen LogP contribution in [0.1, 0.15) is 38.5 Å². The Balaban J connectivity index is 1.27. The van der Waals surface area contributed by atoms with E-state index in [0.29, 0.717) is 12.3 Å². The molecule has 2 heterocycles. The van der Waals surface area contributed by atoms with E-state index in [1.54, 1.807) is 0 Å². The molecule has 19 heavy (non-hydrogen) atoms. The Hall–Kier alpha value is -0.610. The third-order valence-corrected chi connectivity index (χ3v) is 4.91. The fourth-order valence-electron chi connectivity index (χ4n) is 3.44. The van der Waals surface area contributed by atoms with Crippen molar-refractivity contribution in [2.45, 2.75) is 44.6 Å². The van der Waals surface area contributed by atoms with E-state index in [4.69, 9.17) is 0 Å². The molecular formula is C15H27N3O. The average molecular weight is 265 g/mol. The lowest BCUT2D eigenvalue weighted by molar-refractivity contribution is -0.121. The zero-order valence-corrected chi connectivity index (χ0v) is 11.9. The van der Waals surface area contributed by atoms with E-state index in [0.717, 1.165) is 38.0 Å². The molecule has 2 saturated heterocycles. The van der Waals surface area contributed by atoms with Gasteiger partial charge in [-0.15, -0.1) is 0 Å². The molecule has 0 aromatic rings. The Morgan fingerprint density at radius 2 is 2.11 bits per heavy atom. The van der Waals surface area contributed by atoms with Crippen molar-refractivity contribution in [3.8, 4) is 0 Å². The number of carbonyl (C=O) groups excluding carboxylic acids is 1. The number of hydrogen-bond donors (Lipinski definition) is 2. The van der Waals surface area contributed by atoms with Crippen molar-refractivity contribution >= 4 is 5.91 Å². The molecule has 2 unspecified atom stereocenters. The predicted octanol–water partition coefficient (Wildman–Crippen LogP) is 0.977. The van der Waals surface area contributed by atoms with Crippen LogP contribution < -0.4 is 10.6 Å². The van der Waals surface area contributed by atoms with Gasteiger partial charge in [-0.25, -0.2) is 0 Å². The molecular weight excluding hydrogens is 238 g/mol. The lowest BCUT2D eigenvalue weighted by Gasteiger charge is -2.15. The first-order valence-electron chi connectivity index (χ1n) is 8.02. The average Bonchev–Trinajstić information content (AvgIpc) is 2.95. The summed E-state index contributed by atoms with van der Waals surface area (Å²) in [6, 6.07) is 0.885.